The third-order valence-electron chi connectivity index (χ3n) is 4.71. The predicted octanol–water partition coefficient (Wildman–Crippen LogP) is 4.04. The molecular weight excluding hydrogens is 352 g/mol. The summed E-state index contributed by atoms with van der Waals surface area (Å²) in [6.45, 7) is 2.63. The van der Waals surface area contributed by atoms with Crippen molar-refractivity contribution in [2.24, 2.45) is 5.41 Å². The largest absolute Gasteiger partial charge is 0.466 e. The van der Waals surface area contributed by atoms with Gasteiger partial charge in [-0.1, -0.05) is 36.5 Å². The molecule has 0 bridgehead atoms. The van der Waals surface area contributed by atoms with Gasteiger partial charge < -0.3 is 10.1 Å². The molecule has 2 rings (SSSR count). The number of allylic oxidation sites excluding steroid dienone is 1. The van der Waals surface area contributed by atoms with Crippen LogP contribution in [0.15, 0.2) is 30.3 Å². The van der Waals surface area contributed by atoms with Crippen molar-refractivity contribution in [3.05, 3.63) is 46.0 Å². The average molecular weight is 376 g/mol. The molecule has 0 radical (unpaired) electrons. The van der Waals surface area contributed by atoms with Gasteiger partial charge in [0.2, 0.25) is 0 Å². The first kappa shape index (κ1) is 20.0. The van der Waals surface area contributed by atoms with E-state index in [1.807, 2.05) is 6.08 Å². The van der Waals surface area contributed by atoms with Gasteiger partial charge in [0.1, 0.15) is 0 Å². The molecule has 0 spiro atoms. The number of carbonyl (C=O) groups is 1. The second kappa shape index (κ2) is 9.43. The Morgan fingerprint density at radius 1 is 1.42 bits per heavy atom. The van der Waals surface area contributed by atoms with Crippen molar-refractivity contribution < 1.29 is 14.5 Å². The van der Waals surface area contributed by atoms with Gasteiger partial charge in [0, 0.05) is 24.9 Å². The third-order valence-corrected chi connectivity index (χ3v) is 5.28. The summed E-state index contributed by atoms with van der Waals surface area (Å²) in [5, 5.41) is 14.3. The molecule has 1 aromatic rings. The minimum absolute atomic E-state index is 0.100. The van der Waals surface area contributed by atoms with Crippen LogP contribution in [0.1, 0.15) is 44.6 Å². The van der Waals surface area contributed by atoms with Crippen molar-refractivity contribution in [3.63, 3.8) is 0 Å². The molecule has 0 saturated carbocycles. The van der Waals surface area contributed by atoms with Gasteiger partial charge in [0.05, 0.1) is 22.1 Å². The van der Waals surface area contributed by atoms with Crippen LogP contribution in [0.2, 0.25) is 0 Å². The zero-order valence-corrected chi connectivity index (χ0v) is 15.7. The van der Waals surface area contributed by atoms with Crippen molar-refractivity contribution in [3.8, 4) is 0 Å². The Balaban J connectivity index is 2.02. The van der Waals surface area contributed by atoms with Crippen LogP contribution in [0.3, 0.4) is 0 Å². The molecular formula is C19H24N2O4S. The van der Waals surface area contributed by atoms with Crippen LogP contribution in [-0.2, 0) is 9.53 Å². The number of ether oxygens (including phenoxy) is 1. The third kappa shape index (κ3) is 5.36. The van der Waals surface area contributed by atoms with Crippen molar-refractivity contribution in [2.75, 3.05) is 13.2 Å². The molecule has 0 amide bonds. The molecule has 26 heavy (non-hydrogen) atoms. The number of benzene rings is 1. The molecule has 1 heterocycles. The van der Waals surface area contributed by atoms with Crippen LogP contribution in [0.5, 0.6) is 0 Å². The van der Waals surface area contributed by atoms with Gasteiger partial charge in [-0.05, 0) is 38.2 Å². The first-order chi connectivity index (χ1) is 12.4. The summed E-state index contributed by atoms with van der Waals surface area (Å²) < 4.78 is 5.12. The Morgan fingerprint density at radius 3 is 2.88 bits per heavy atom. The number of nitrogens with zero attached hydrogens (tertiary/aromatic N) is 1. The number of piperidine rings is 1. The Morgan fingerprint density at radius 2 is 2.19 bits per heavy atom. The van der Waals surface area contributed by atoms with Crippen LogP contribution in [0.4, 0.5) is 5.69 Å². The van der Waals surface area contributed by atoms with Crippen LogP contribution < -0.4 is 5.32 Å². The summed E-state index contributed by atoms with van der Waals surface area (Å²) in [4.78, 5) is 22.6. The lowest BCUT2D eigenvalue weighted by Gasteiger charge is -2.38. The monoisotopic (exact) mass is 376 g/mol. The van der Waals surface area contributed by atoms with Crippen molar-refractivity contribution in [1.82, 2.24) is 5.32 Å². The number of esters is 1. The maximum atomic E-state index is 11.1. The number of thiocarbonyl (C=S) groups is 1. The predicted molar refractivity (Wildman–Crippen MR) is 105 cm³/mol. The van der Waals surface area contributed by atoms with E-state index < -0.39 is 0 Å². The van der Waals surface area contributed by atoms with E-state index in [4.69, 9.17) is 17.0 Å². The smallest absolute Gasteiger partial charge is 0.302 e. The molecule has 1 unspecified atom stereocenters. The lowest BCUT2D eigenvalue weighted by molar-refractivity contribution is -0.385. The lowest BCUT2D eigenvalue weighted by Crippen LogP contribution is -2.45. The molecule has 140 valence electrons. The maximum absolute atomic E-state index is 11.1. The Hall–Kier alpha value is -2.28. The van der Waals surface area contributed by atoms with Gasteiger partial charge in [-0.25, -0.2) is 0 Å². The molecule has 1 aliphatic rings. The molecule has 1 N–H and O–H groups in total. The molecule has 1 saturated heterocycles. The fourth-order valence-electron chi connectivity index (χ4n) is 3.29. The Bertz CT molecular complexity index is 705. The number of nitrogens with one attached hydrogen (secondary N) is 1. The van der Waals surface area contributed by atoms with Gasteiger partial charge in [-0.2, -0.15) is 0 Å². The second-order valence-corrected chi connectivity index (χ2v) is 6.90. The van der Waals surface area contributed by atoms with E-state index >= 15 is 0 Å². The number of nitro groups is 1. The topological polar surface area (TPSA) is 81.5 Å². The standard InChI is InChI=1S/C19H24N2O4S/c1-15(22)25-14-12-19(11-6-13-20-18(19)26)10-5-4-8-16-7-2-3-9-17(16)21(23)24/h2-4,7-9H,5-6,10-14H2,1H3,(H,20,26)/b8-4-. The highest BCUT2D eigenvalue weighted by atomic mass is 32.1. The molecule has 7 heteroatoms. The fraction of sp³-hybridized carbons (Fsp3) is 0.474. The molecule has 1 fully saturated rings. The van der Waals surface area contributed by atoms with Gasteiger partial charge in [-0.3, -0.25) is 14.9 Å². The summed E-state index contributed by atoms with van der Waals surface area (Å²) in [6, 6.07) is 6.68. The van der Waals surface area contributed by atoms with E-state index in [1.165, 1.54) is 13.0 Å². The minimum Gasteiger partial charge on any atom is -0.466 e. The van der Waals surface area contributed by atoms with Crippen LogP contribution in [0.25, 0.3) is 6.08 Å². The summed E-state index contributed by atoms with van der Waals surface area (Å²) in [7, 11) is 0. The summed E-state index contributed by atoms with van der Waals surface area (Å²) in [5.41, 5.74) is 0.509. The normalized spacial score (nSPS) is 20.0. The highest BCUT2D eigenvalue weighted by Crippen LogP contribution is 2.37. The van der Waals surface area contributed by atoms with E-state index in [9.17, 15) is 14.9 Å². The highest BCUT2D eigenvalue weighted by Gasteiger charge is 2.36. The zero-order chi connectivity index (χ0) is 19.0. The maximum Gasteiger partial charge on any atom is 0.302 e. The quantitative estimate of drug-likeness (QED) is 0.319. The Kier molecular flexibility index (Phi) is 7.26. The van der Waals surface area contributed by atoms with Gasteiger partial charge in [0.25, 0.3) is 5.69 Å². The Labute approximate surface area is 158 Å². The first-order valence-electron chi connectivity index (χ1n) is 8.76. The van der Waals surface area contributed by atoms with Gasteiger partial charge >= 0.3 is 5.97 Å². The number of para-hydroxylation sites is 1. The SMILES string of the molecule is CC(=O)OCCC1(CC/C=C\c2ccccc2[N+](=O)[O-])CCCNC1=S. The number of nitro benzene ring substituents is 1. The summed E-state index contributed by atoms with van der Waals surface area (Å²) in [6.07, 6.45) is 7.97. The molecule has 1 atom stereocenters. The first-order valence-corrected chi connectivity index (χ1v) is 9.17. The highest BCUT2D eigenvalue weighted by molar-refractivity contribution is 7.80. The number of hydrogen-bond acceptors (Lipinski definition) is 5. The average Bonchev–Trinajstić information content (AvgIpc) is 2.61. The lowest BCUT2D eigenvalue weighted by atomic mass is 9.74. The van der Waals surface area contributed by atoms with Crippen LogP contribution in [0, 0.1) is 15.5 Å². The van der Waals surface area contributed by atoms with Crippen molar-refractivity contribution in [2.45, 2.75) is 39.0 Å². The van der Waals surface area contributed by atoms with E-state index in [0.717, 1.165) is 37.2 Å². The molecule has 0 aromatic heterocycles. The number of hydrogen-bond donors (Lipinski definition) is 1. The molecule has 0 aliphatic carbocycles. The van der Waals surface area contributed by atoms with Crippen molar-refractivity contribution >= 4 is 34.9 Å². The number of carbonyl (C=O) groups excluding carboxylic acids is 1. The summed E-state index contributed by atoms with van der Waals surface area (Å²) in [5.74, 6) is -0.286. The molecule has 1 aliphatic heterocycles. The van der Waals surface area contributed by atoms with Gasteiger partial charge in [-0.15, -0.1) is 0 Å². The number of rotatable bonds is 8. The van der Waals surface area contributed by atoms with Crippen LogP contribution in [-0.4, -0.2) is 29.0 Å². The van der Waals surface area contributed by atoms with E-state index in [1.54, 1.807) is 24.3 Å². The zero-order valence-electron chi connectivity index (χ0n) is 14.9. The molecule has 6 nitrogen and oxygen atoms in total. The summed E-state index contributed by atoms with van der Waals surface area (Å²) >= 11 is 5.55. The van der Waals surface area contributed by atoms with Gasteiger partial charge in [0.15, 0.2) is 0 Å². The van der Waals surface area contributed by atoms with E-state index in [0.29, 0.717) is 18.6 Å². The fourth-order valence-corrected chi connectivity index (χ4v) is 3.69. The minimum atomic E-state index is -0.375. The van der Waals surface area contributed by atoms with E-state index in [2.05, 4.69) is 5.32 Å². The van der Waals surface area contributed by atoms with E-state index in [-0.39, 0.29) is 22.0 Å². The molecule has 1 aromatic carbocycles. The van der Waals surface area contributed by atoms with Crippen LogP contribution >= 0.6 is 12.2 Å². The van der Waals surface area contributed by atoms with Crippen molar-refractivity contribution in [1.29, 1.82) is 0 Å². The second-order valence-electron chi connectivity index (χ2n) is 6.49.